The minimum atomic E-state index is -0.305. The molecule has 1 aliphatic carbocycles. The molecule has 2 amide bonds. The zero-order valence-electron chi connectivity index (χ0n) is 25.2. The molecule has 10 nitrogen and oxygen atoms in total. The minimum absolute atomic E-state index is 0.0848. The van der Waals surface area contributed by atoms with Crippen molar-refractivity contribution in [3.63, 3.8) is 0 Å². The lowest BCUT2D eigenvalue weighted by molar-refractivity contribution is 0.0302. The molecule has 10 heteroatoms. The fourth-order valence-corrected chi connectivity index (χ4v) is 6.26. The fourth-order valence-electron chi connectivity index (χ4n) is 6.26. The van der Waals surface area contributed by atoms with E-state index in [9.17, 15) is 19.5 Å². The maximum absolute atomic E-state index is 13.7. The number of hydrogen-bond donors (Lipinski definition) is 2. The third-order valence-corrected chi connectivity index (χ3v) is 9.00. The van der Waals surface area contributed by atoms with Gasteiger partial charge in [-0.25, -0.2) is 4.98 Å². The van der Waals surface area contributed by atoms with Gasteiger partial charge in [-0.3, -0.25) is 19.0 Å². The summed E-state index contributed by atoms with van der Waals surface area (Å²) in [6.45, 7) is 2.34. The lowest BCUT2D eigenvalue weighted by atomic mass is 9.93. The number of rotatable bonds is 7. The number of carbonyl (C=O) groups is 2. The molecular formula is C35H35N5O5. The van der Waals surface area contributed by atoms with Crippen LogP contribution in [0.5, 0.6) is 0 Å². The second-order valence-electron chi connectivity index (χ2n) is 11.8. The number of fused-ring (bicyclic) bond motifs is 1. The first-order chi connectivity index (χ1) is 21.9. The average Bonchev–Trinajstić information content (AvgIpc) is 3.93. The Balaban J connectivity index is 1.16. The van der Waals surface area contributed by atoms with E-state index in [0.29, 0.717) is 83.9 Å². The Morgan fingerprint density at radius 3 is 2.56 bits per heavy atom. The van der Waals surface area contributed by atoms with Crippen LogP contribution in [0.2, 0.25) is 0 Å². The van der Waals surface area contributed by atoms with Gasteiger partial charge in [-0.1, -0.05) is 24.3 Å². The number of aromatic nitrogens is 2. The second kappa shape index (κ2) is 11.9. The first-order valence-electron chi connectivity index (χ1n) is 15.4. The standard InChI is InChI=1S/C35H35N5O5/c1-38-32(37-31-10-8-25(20-36-31)34(43)39-13-15-45-16-14-39)18-26(19-33(38)42)27-3-2-4-30(29(27)21-41)40-12-11-24-17-23(22-5-6-22)7-9-28(24)35(40)44/h2-4,7-10,17-20,22,41H,5-6,11-16,21H2,1H3,(H,36,37). The SMILES string of the molecule is Cn1c(Nc2ccc(C(=O)N3CCOCC3)cn2)cc(-c2cccc(N3CCc4cc(C5CC5)ccc4C3=O)c2CO)cc1=O. The summed E-state index contributed by atoms with van der Waals surface area (Å²) in [5, 5.41) is 13.8. The molecule has 3 aliphatic rings. The number of pyridine rings is 2. The zero-order chi connectivity index (χ0) is 31.1. The van der Waals surface area contributed by atoms with Crippen LogP contribution < -0.4 is 15.8 Å². The third-order valence-electron chi connectivity index (χ3n) is 9.00. The smallest absolute Gasteiger partial charge is 0.258 e. The highest BCUT2D eigenvalue weighted by molar-refractivity contribution is 6.09. The van der Waals surface area contributed by atoms with Crippen molar-refractivity contribution in [2.45, 2.75) is 31.8 Å². The van der Waals surface area contributed by atoms with Crippen LogP contribution in [0.3, 0.4) is 0 Å². The van der Waals surface area contributed by atoms with E-state index in [0.717, 1.165) is 12.0 Å². The molecule has 1 saturated carbocycles. The Morgan fingerprint density at radius 1 is 1.00 bits per heavy atom. The molecule has 230 valence electrons. The van der Waals surface area contributed by atoms with E-state index in [1.807, 2.05) is 30.3 Å². The largest absolute Gasteiger partial charge is 0.392 e. The van der Waals surface area contributed by atoms with Gasteiger partial charge >= 0.3 is 0 Å². The van der Waals surface area contributed by atoms with Crippen molar-refractivity contribution >= 4 is 29.1 Å². The Kier molecular flexibility index (Phi) is 7.68. The first kappa shape index (κ1) is 28.9. The summed E-state index contributed by atoms with van der Waals surface area (Å²) in [4.78, 5) is 47.5. The minimum Gasteiger partial charge on any atom is -0.392 e. The predicted octanol–water partition coefficient (Wildman–Crippen LogP) is 4.24. The number of aliphatic hydroxyl groups excluding tert-OH is 1. The molecular weight excluding hydrogens is 570 g/mol. The van der Waals surface area contributed by atoms with Gasteiger partial charge in [0.05, 0.1) is 31.1 Å². The van der Waals surface area contributed by atoms with E-state index in [2.05, 4.69) is 22.4 Å². The quantitative estimate of drug-likeness (QED) is 0.324. The molecule has 7 rings (SSSR count). The number of aliphatic hydroxyl groups is 1. The van der Waals surface area contributed by atoms with Gasteiger partial charge in [-0.2, -0.15) is 0 Å². The van der Waals surface area contributed by atoms with Gasteiger partial charge in [0.15, 0.2) is 0 Å². The van der Waals surface area contributed by atoms with Crippen LogP contribution in [0, 0.1) is 0 Å². The maximum atomic E-state index is 13.7. The molecule has 0 atom stereocenters. The van der Waals surface area contributed by atoms with Gasteiger partial charge in [0.1, 0.15) is 11.6 Å². The molecule has 0 unspecified atom stereocenters. The van der Waals surface area contributed by atoms with E-state index in [4.69, 9.17) is 4.74 Å². The summed E-state index contributed by atoms with van der Waals surface area (Å²) >= 11 is 0. The third kappa shape index (κ3) is 5.63. The normalized spacial score (nSPS) is 16.4. The van der Waals surface area contributed by atoms with E-state index in [1.165, 1.54) is 35.2 Å². The summed E-state index contributed by atoms with van der Waals surface area (Å²) in [5.74, 6) is 1.40. The highest BCUT2D eigenvalue weighted by atomic mass is 16.5. The topological polar surface area (TPSA) is 117 Å². The zero-order valence-corrected chi connectivity index (χ0v) is 25.2. The van der Waals surface area contributed by atoms with Crippen LogP contribution in [0.25, 0.3) is 11.1 Å². The van der Waals surface area contributed by atoms with Gasteiger partial charge in [0, 0.05) is 50.1 Å². The summed E-state index contributed by atoms with van der Waals surface area (Å²) in [7, 11) is 1.66. The van der Waals surface area contributed by atoms with Gasteiger partial charge in [0.2, 0.25) is 0 Å². The number of amides is 2. The van der Waals surface area contributed by atoms with E-state index in [-0.39, 0.29) is 24.0 Å². The van der Waals surface area contributed by atoms with Crippen LogP contribution in [-0.4, -0.2) is 64.2 Å². The van der Waals surface area contributed by atoms with Crippen molar-refractivity contribution in [3.05, 3.63) is 105 Å². The Labute approximate surface area is 260 Å². The van der Waals surface area contributed by atoms with Crippen LogP contribution in [0.15, 0.2) is 71.7 Å². The van der Waals surface area contributed by atoms with Crippen molar-refractivity contribution in [1.29, 1.82) is 0 Å². The summed E-state index contributed by atoms with van der Waals surface area (Å²) in [6, 6.07) is 18.5. The van der Waals surface area contributed by atoms with E-state index in [1.54, 1.807) is 29.0 Å². The fraction of sp³-hybridized carbons (Fsp3) is 0.314. The van der Waals surface area contributed by atoms with Gasteiger partial charge in [-0.05, 0) is 77.8 Å². The number of hydrogen-bond acceptors (Lipinski definition) is 7. The van der Waals surface area contributed by atoms with Gasteiger partial charge < -0.3 is 25.0 Å². The van der Waals surface area contributed by atoms with Crippen LogP contribution >= 0.6 is 0 Å². The molecule has 45 heavy (non-hydrogen) atoms. The molecule has 2 aromatic heterocycles. The molecule has 0 radical (unpaired) electrons. The number of ether oxygens (including phenoxy) is 1. The molecule has 2 N–H and O–H groups in total. The summed E-state index contributed by atoms with van der Waals surface area (Å²) in [6.07, 6.45) is 4.69. The highest BCUT2D eigenvalue weighted by Crippen LogP contribution is 2.41. The van der Waals surface area contributed by atoms with Crippen LogP contribution in [-0.2, 0) is 24.8 Å². The van der Waals surface area contributed by atoms with Crippen LogP contribution in [0.4, 0.5) is 17.3 Å². The molecule has 0 spiro atoms. The van der Waals surface area contributed by atoms with Gasteiger partial charge in [0.25, 0.3) is 17.4 Å². The number of nitrogens with one attached hydrogen (secondary N) is 1. The lowest BCUT2D eigenvalue weighted by Gasteiger charge is -2.31. The number of benzene rings is 2. The van der Waals surface area contributed by atoms with Crippen LogP contribution in [0.1, 0.15) is 56.2 Å². The molecule has 4 heterocycles. The lowest BCUT2D eigenvalue weighted by Crippen LogP contribution is -2.40. The monoisotopic (exact) mass is 605 g/mol. The molecule has 2 aliphatic heterocycles. The first-order valence-corrected chi connectivity index (χ1v) is 15.4. The average molecular weight is 606 g/mol. The van der Waals surface area contributed by atoms with E-state index < -0.39 is 0 Å². The molecule has 1 saturated heterocycles. The molecule has 0 bridgehead atoms. The summed E-state index contributed by atoms with van der Waals surface area (Å²) in [5.41, 5.74) is 5.80. The predicted molar refractivity (Wildman–Crippen MR) is 171 cm³/mol. The van der Waals surface area contributed by atoms with Crippen molar-refractivity contribution in [2.24, 2.45) is 7.05 Å². The Morgan fingerprint density at radius 2 is 1.82 bits per heavy atom. The molecule has 2 aromatic carbocycles. The van der Waals surface area contributed by atoms with Crippen molar-refractivity contribution in [1.82, 2.24) is 14.5 Å². The summed E-state index contributed by atoms with van der Waals surface area (Å²) < 4.78 is 6.81. The number of nitrogens with zero attached hydrogens (tertiary/aromatic N) is 4. The van der Waals surface area contributed by atoms with Crippen molar-refractivity contribution in [3.8, 4) is 11.1 Å². The maximum Gasteiger partial charge on any atom is 0.258 e. The van der Waals surface area contributed by atoms with Crippen molar-refractivity contribution < 1.29 is 19.4 Å². The van der Waals surface area contributed by atoms with E-state index >= 15 is 0 Å². The number of anilines is 3. The Bertz CT molecular complexity index is 1840. The molecule has 4 aromatic rings. The number of carbonyl (C=O) groups excluding carboxylic acids is 2. The molecule has 2 fully saturated rings. The second-order valence-corrected chi connectivity index (χ2v) is 11.8. The van der Waals surface area contributed by atoms with Crippen molar-refractivity contribution in [2.75, 3.05) is 43.1 Å². The van der Waals surface area contributed by atoms with Gasteiger partial charge in [-0.15, -0.1) is 0 Å². The highest BCUT2D eigenvalue weighted by Gasteiger charge is 2.30. The Hall–Kier alpha value is -4.80. The number of morpholine rings is 1.